The number of rotatable bonds is 4. The van der Waals surface area contributed by atoms with Crippen LogP contribution in [0, 0.1) is 0 Å². The Labute approximate surface area is 127 Å². The number of esters is 1. The Bertz CT molecular complexity index is 622. The maximum Gasteiger partial charge on any atom is 0.308 e. The smallest absolute Gasteiger partial charge is 0.308 e. The molecule has 1 aliphatic rings. The van der Waals surface area contributed by atoms with Crippen LogP contribution in [0.25, 0.3) is 0 Å². The van der Waals surface area contributed by atoms with E-state index in [0.717, 1.165) is 0 Å². The van der Waals surface area contributed by atoms with Gasteiger partial charge in [0.25, 0.3) is 0 Å². The largest absolute Gasteiger partial charge is 0.469 e. The summed E-state index contributed by atoms with van der Waals surface area (Å²) in [5, 5.41) is 0.107. The van der Waals surface area contributed by atoms with Gasteiger partial charge in [0.05, 0.1) is 31.1 Å². The third-order valence-electron chi connectivity index (χ3n) is 3.06. The Morgan fingerprint density at radius 3 is 3.05 bits per heavy atom. The van der Waals surface area contributed by atoms with Crippen LogP contribution in [0.15, 0.2) is 23.2 Å². The Morgan fingerprint density at radius 1 is 1.62 bits per heavy atom. The Kier molecular flexibility index (Phi) is 5.15. The van der Waals surface area contributed by atoms with Crippen LogP contribution in [0.5, 0.6) is 0 Å². The third kappa shape index (κ3) is 3.91. The average molecular weight is 335 g/mol. The number of aromatic nitrogens is 1. The van der Waals surface area contributed by atoms with E-state index in [0.29, 0.717) is 0 Å². The van der Waals surface area contributed by atoms with E-state index in [1.54, 1.807) is 0 Å². The molecule has 7 nitrogen and oxygen atoms in total. The van der Waals surface area contributed by atoms with E-state index in [1.807, 2.05) is 0 Å². The van der Waals surface area contributed by atoms with Crippen LogP contribution in [0.1, 0.15) is 6.42 Å². The molecule has 1 aromatic heterocycles. The summed E-state index contributed by atoms with van der Waals surface area (Å²) in [6, 6.07) is 2.67. The van der Waals surface area contributed by atoms with Crippen LogP contribution in [-0.4, -0.2) is 56.6 Å². The Balaban J connectivity index is 2.15. The zero-order chi connectivity index (χ0) is 15.5. The molecule has 9 heteroatoms. The number of carbonyl (C=O) groups excluding carboxylic acids is 1. The average Bonchev–Trinajstić information content (AvgIpc) is 2.47. The van der Waals surface area contributed by atoms with Crippen molar-refractivity contribution in [2.75, 3.05) is 26.8 Å². The van der Waals surface area contributed by atoms with Crippen molar-refractivity contribution < 1.29 is 22.7 Å². The third-order valence-corrected chi connectivity index (χ3v) is 5.13. The van der Waals surface area contributed by atoms with E-state index < -0.39 is 22.1 Å². The predicted octanol–water partition coefficient (Wildman–Crippen LogP) is 0.688. The molecule has 0 N–H and O–H groups in total. The first-order chi connectivity index (χ1) is 9.93. The second kappa shape index (κ2) is 6.69. The monoisotopic (exact) mass is 334 g/mol. The number of methoxy groups -OCH3 is 1. The second-order valence-electron chi connectivity index (χ2n) is 4.45. The van der Waals surface area contributed by atoms with Gasteiger partial charge in [0.1, 0.15) is 5.15 Å². The number of sulfonamides is 1. The summed E-state index contributed by atoms with van der Waals surface area (Å²) in [6.45, 7) is 0.539. The molecule has 0 aromatic carbocycles. The van der Waals surface area contributed by atoms with Crippen molar-refractivity contribution in [1.29, 1.82) is 0 Å². The number of ether oxygens (including phenoxy) is 2. The molecule has 2 heterocycles. The molecular weight excluding hydrogens is 320 g/mol. The highest BCUT2D eigenvalue weighted by atomic mass is 35.5. The predicted molar refractivity (Wildman–Crippen MR) is 74.4 cm³/mol. The molecule has 1 saturated heterocycles. The van der Waals surface area contributed by atoms with Gasteiger partial charge in [-0.05, 0) is 12.1 Å². The first-order valence-electron chi connectivity index (χ1n) is 6.23. The number of hydrogen-bond acceptors (Lipinski definition) is 6. The van der Waals surface area contributed by atoms with Crippen molar-refractivity contribution >= 4 is 27.6 Å². The number of morpholine rings is 1. The van der Waals surface area contributed by atoms with Crippen LogP contribution < -0.4 is 0 Å². The summed E-state index contributed by atoms with van der Waals surface area (Å²) in [5.74, 6) is -0.439. The van der Waals surface area contributed by atoms with Gasteiger partial charge in [-0.25, -0.2) is 13.4 Å². The minimum atomic E-state index is -3.68. The Hall–Kier alpha value is -1.22. The highest BCUT2D eigenvalue weighted by Gasteiger charge is 2.32. The molecule has 0 radical (unpaired) electrons. The number of nitrogens with zero attached hydrogens (tertiary/aromatic N) is 2. The lowest BCUT2D eigenvalue weighted by Gasteiger charge is -2.31. The minimum Gasteiger partial charge on any atom is -0.469 e. The summed E-state index contributed by atoms with van der Waals surface area (Å²) in [4.78, 5) is 15.1. The summed E-state index contributed by atoms with van der Waals surface area (Å²) in [5.41, 5.74) is 0. The van der Waals surface area contributed by atoms with Crippen molar-refractivity contribution in [2.45, 2.75) is 17.4 Å². The quantitative estimate of drug-likeness (QED) is 0.595. The van der Waals surface area contributed by atoms with Gasteiger partial charge in [-0.15, -0.1) is 0 Å². The minimum absolute atomic E-state index is 0.0135. The molecule has 1 aromatic rings. The molecule has 2 rings (SSSR count). The van der Waals surface area contributed by atoms with E-state index in [-0.39, 0.29) is 36.2 Å². The van der Waals surface area contributed by atoms with Crippen LogP contribution in [0.3, 0.4) is 0 Å². The molecule has 116 valence electrons. The van der Waals surface area contributed by atoms with E-state index in [1.165, 1.54) is 29.7 Å². The van der Waals surface area contributed by atoms with Crippen molar-refractivity contribution in [3.8, 4) is 0 Å². The van der Waals surface area contributed by atoms with Gasteiger partial charge < -0.3 is 9.47 Å². The molecule has 0 spiro atoms. The van der Waals surface area contributed by atoms with Crippen LogP contribution in [0.2, 0.25) is 5.15 Å². The van der Waals surface area contributed by atoms with Gasteiger partial charge in [-0.2, -0.15) is 4.31 Å². The number of halogens is 1. The van der Waals surface area contributed by atoms with Gasteiger partial charge in [0.2, 0.25) is 10.0 Å². The topological polar surface area (TPSA) is 85.8 Å². The summed E-state index contributed by atoms with van der Waals surface area (Å²) in [6.07, 6.45) is 0.833. The molecular formula is C12H15ClN2O5S. The van der Waals surface area contributed by atoms with E-state index in [2.05, 4.69) is 9.72 Å². The summed E-state index contributed by atoms with van der Waals surface area (Å²) < 4.78 is 36.2. The molecule has 1 fully saturated rings. The van der Waals surface area contributed by atoms with Crippen molar-refractivity contribution in [2.24, 2.45) is 0 Å². The maximum absolute atomic E-state index is 12.5. The summed E-state index contributed by atoms with van der Waals surface area (Å²) in [7, 11) is -2.41. The molecule has 0 aliphatic carbocycles. The lowest BCUT2D eigenvalue weighted by molar-refractivity contribution is -0.145. The van der Waals surface area contributed by atoms with Crippen LogP contribution in [0.4, 0.5) is 0 Å². The van der Waals surface area contributed by atoms with Gasteiger partial charge in [-0.3, -0.25) is 4.79 Å². The first-order valence-corrected chi connectivity index (χ1v) is 8.05. The van der Waals surface area contributed by atoms with Gasteiger partial charge >= 0.3 is 5.97 Å². The van der Waals surface area contributed by atoms with Gasteiger partial charge in [-0.1, -0.05) is 11.6 Å². The molecule has 1 unspecified atom stereocenters. The second-order valence-corrected chi connectivity index (χ2v) is 6.78. The lowest BCUT2D eigenvalue weighted by atomic mass is 10.2. The normalized spacial score (nSPS) is 20.2. The van der Waals surface area contributed by atoms with E-state index in [4.69, 9.17) is 16.3 Å². The number of carbonyl (C=O) groups is 1. The SMILES string of the molecule is COC(=O)CC1CN(S(=O)(=O)c2ccnc(Cl)c2)CCO1. The standard InChI is InChI=1S/C12H15ClN2O5S/c1-19-12(16)6-9-8-15(4-5-20-9)21(17,18)10-2-3-14-11(13)7-10/h2-3,7,9H,4-6,8H2,1H3. The highest BCUT2D eigenvalue weighted by Crippen LogP contribution is 2.21. The molecule has 0 amide bonds. The zero-order valence-electron chi connectivity index (χ0n) is 11.4. The van der Waals surface area contributed by atoms with Crippen molar-refractivity contribution in [3.63, 3.8) is 0 Å². The fraction of sp³-hybridized carbons (Fsp3) is 0.500. The van der Waals surface area contributed by atoms with Crippen LogP contribution >= 0.6 is 11.6 Å². The molecule has 21 heavy (non-hydrogen) atoms. The first kappa shape index (κ1) is 16.2. The maximum atomic E-state index is 12.5. The van der Waals surface area contributed by atoms with Gasteiger partial charge in [0, 0.05) is 19.3 Å². The van der Waals surface area contributed by atoms with Crippen molar-refractivity contribution in [1.82, 2.24) is 9.29 Å². The van der Waals surface area contributed by atoms with E-state index >= 15 is 0 Å². The molecule has 1 atom stereocenters. The van der Waals surface area contributed by atoms with Crippen LogP contribution in [-0.2, 0) is 24.3 Å². The lowest BCUT2D eigenvalue weighted by Crippen LogP contribution is -2.46. The number of pyridine rings is 1. The Morgan fingerprint density at radius 2 is 2.38 bits per heavy atom. The fourth-order valence-corrected chi connectivity index (χ4v) is 3.71. The fourth-order valence-electron chi connectivity index (χ4n) is 2.00. The highest BCUT2D eigenvalue weighted by molar-refractivity contribution is 7.89. The molecule has 0 saturated carbocycles. The molecule has 0 bridgehead atoms. The summed E-state index contributed by atoms with van der Waals surface area (Å²) >= 11 is 5.73. The zero-order valence-corrected chi connectivity index (χ0v) is 12.9. The van der Waals surface area contributed by atoms with Gasteiger partial charge in [0.15, 0.2) is 0 Å². The molecule has 1 aliphatic heterocycles. The van der Waals surface area contributed by atoms with E-state index in [9.17, 15) is 13.2 Å². The van der Waals surface area contributed by atoms with Crippen molar-refractivity contribution in [3.05, 3.63) is 23.5 Å². The number of hydrogen-bond donors (Lipinski definition) is 0.